The standard InChI is InChI=1S/C29H27FN4OS/c30-25-16-20(19-8-11-34(12-9-19)13-14-35)1-4-23(25)21-2-5-26-24(15-21)27(7-10-31-26)33-22-3-6-29-28(17-22)32-18-36-29/h1-7,10,15-19,35H,8-9,11-14H2,(H,31,33). The van der Waals surface area contributed by atoms with Crippen LogP contribution in [0.3, 0.4) is 0 Å². The fourth-order valence-corrected chi connectivity index (χ4v) is 5.82. The van der Waals surface area contributed by atoms with Crippen LogP contribution in [-0.2, 0) is 0 Å². The summed E-state index contributed by atoms with van der Waals surface area (Å²) in [4.78, 5) is 11.2. The number of nitrogens with one attached hydrogen (secondary N) is 1. The second-order valence-corrected chi connectivity index (χ2v) is 10.2. The Morgan fingerprint density at radius 1 is 0.972 bits per heavy atom. The highest BCUT2D eigenvalue weighted by Crippen LogP contribution is 2.34. The molecule has 0 radical (unpaired) electrons. The van der Waals surface area contributed by atoms with E-state index >= 15 is 4.39 Å². The maximum absolute atomic E-state index is 15.4. The smallest absolute Gasteiger partial charge is 0.131 e. The molecule has 1 fully saturated rings. The van der Waals surface area contributed by atoms with E-state index in [1.165, 1.54) is 0 Å². The number of β-amino-alcohol motifs (C(OH)–C–C–N with tert-alkyl or cyclic N) is 1. The summed E-state index contributed by atoms with van der Waals surface area (Å²) in [5, 5.41) is 13.6. The number of hydrogen-bond donors (Lipinski definition) is 2. The lowest BCUT2D eigenvalue weighted by molar-refractivity contribution is 0.164. The fraction of sp³-hybridized carbons (Fsp3) is 0.241. The molecule has 0 spiro atoms. The molecule has 5 nitrogen and oxygen atoms in total. The second kappa shape index (κ2) is 9.93. The van der Waals surface area contributed by atoms with Gasteiger partial charge in [-0.05, 0) is 85.4 Å². The van der Waals surface area contributed by atoms with Gasteiger partial charge in [-0.15, -0.1) is 11.3 Å². The van der Waals surface area contributed by atoms with Crippen molar-refractivity contribution in [3.8, 4) is 11.1 Å². The van der Waals surface area contributed by atoms with Gasteiger partial charge in [0.05, 0.1) is 27.9 Å². The van der Waals surface area contributed by atoms with Crippen LogP contribution in [0.5, 0.6) is 0 Å². The summed E-state index contributed by atoms with van der Waals surface area (Å²) in [7, 11) is 0. The van der Waals surface area contributed by atoms with Crippen molar-refractivity contribution < 1.29 is 9.50 Å². The van der Waals surface area contributed by atoms with E-state index in [4.69, 9.17) is 5.11 Å². The Balaban J connectivity index is 1.28. The van der Waals surface area contributed by atoms with Crippen molar-refractivity contribution in [3.05, 3.63) is 83.8 Å². The monoisotopic (exact) mass is 498 g/mol. The van der Waals surface area contributed by atoms with E-state index in [1.807, 2.05) is 48.0 Å². The van der Waals surface area contributed by atoms with Gasteiger partial charge in [0.1, 0.15) is 5.82 Å². The van der Waals surface area contributed by atoms with Gasteiger partial charge in [-0.1, -0.05) is 18.2 Å². The molecule has 3 aromatic carbocycles. The summed E-state index contributed by atoms with van der Waals surface area (Å²) in [6, 6.07) is 19.7. The van der Waals surface area contributed by atoms with Gasteiger partial charge in [0.25, 0.3) is 0 Å². The number of rotatable bonds is 6. The van der Waals surface area contributed by atoms with Gasteiger partial charge in [0, 0.05) is 35.1 Å². The molecule has 3 heterocycles. The van der Waals surface area contributed by atoms with Crippen molar-refractivity contribution in [3.63, 3.8) is 0 Å². The van der Waals surface area contributed by atoms with Crippen LogP contribution in [0.2, 0.25) is 0 Å². The predicted octanol–water partition coefficient (Wildman–Crippen LogP) is 6.57. The Labute approximate surface area is 213 Å². The van der Waals surface area contributed by atoms with Crippen LogP contribution < -0.4 is 5.32 Å². The average molecular weight is 499 g/mol. The highest BCUT2D eigenvalue weighted by molar-refractivity contribution is 7.16. The lowest BCUT2D eigenvalue weighted by Crippen LogP contribution is -2.34. The van der Waals surface area contributed by atoms with Gasteiger partial charge >= 0.3 is 0 Å². The molecule has 0 unspecified atom stereocenters. The fourth-order valence-electron chi connectivity index (χ4n) is 5.16. The second-order valence-electron chi connectivity index (χ2n) is 9.33. The molecule has 7 heteroatoms. The number of anilines is 2. The zero-order chi connectivity index (χ0) is 24.5. The van der Waals surface area contributed by atoms with E-state index in [1.54, 1.807) is 23.6 Å². The number of nitrogens with zero attached hydrogens (tertiary/aromatic N) is 3. The molecule has 2 N–H and O–H groups in total. The maximum atomic E-state index is 15.4. The minimum atomic E-state index is -0.197. The molecular weight excluding hydrogens is 471 g/mol. The van der Waals surface area contributed by atoms with E-state index in [9.17, 15) is 0 Å². The third kappa shape index (κ3) is 4.57. The van der Waals surface area contributed by atoms with Crippen molar-refractivity contribution in [2.45, 2.75) is 18.8 Å². The number of likely N-dealkylation sites (tertiary alicyclic amines) is 1. The van der Waals surface area contributed by atoms with Gasteiger partial charge in [0.2, 0.25) is 0 Å². The Morgan fingerprint density at radius 3 is 2.69 bits per heavy atom. The van der Waals surface area contributed by atoms with Crippen LogP contribution in [0.25, 0.3) is 32.2 Å². The molecule has 1 saturated heterocycles. The lowest BCUT2D eigenvalue weighted by Gasteiger charge is -2.31. The van der Waals surface area contributed by atoms with Gasteiger partial charge in [0.15, 0.2) is 0 Å². The molecule has 36 heavy (non-hydrogen) atoms. The number of aliphatic hydroxyl groups excluding tert-OH is 1. The van der Waals surface area contributed by atoms with Crippen molar-refractivity contribution in [2.75, 3.05) is 31.6 Å². The first-order valence-electron chi connectivity index (χ1n) is 12.3. The maximum Gasteiger partial charge on any atom is 0.131 e. The highest BCUT2D eigenvalue weighted by Gasteiger charge is 2.21. The first-order chi connectivity index (χ1) is 17.7. The Hall–Kier alpha value is -3.39. The number of hydrogen-bond acceptors (Lipinski definition) is 6. The van der Waals surface area contributed by atoms with Crippen LogP contribution in [0.4, 0.5) is 15.8 Å². The first-order valence-corrected chi connectivity index (χ1v) is 13.2. The van der Waals surface area contributed by atoms with E-state index in [0.29, 0.717) is 18.0 Å². The van der Waals surface area contributed by atoms with E-state index < -0.39 is 0 Å². The zero-order valence-corrected chi connectivity index (χ0v) is 20.6. The van der Waals surface area contributed by atoms with Gasteiger partial charge in [-0.2, -0.15) is 0 Å². The molecule has 0 saturated carbocycles. The normalized spacial score (nSPS) is 15.1. The van der Waals surface area contributed by atoms with Crippen molar-refractivity contribution in [1.29, 1.82) is 0 Å². The van der Waals surface area contributed by atoms with Gasteiger partial charge in [-0.25, -0.2) is 9.37 Å². The number of aromatic nitrogens is 2. The minimum absolute atomic E-state index is 0.188. The summed E-state index contributed by atoms with van der Waals surface area (Å²) in [6.45, 7) is 2.79. The number of piperidine rings is 1. The molecule has 182 valence electrons. The Bertz CT molecular complexity index is 1530. The lowest BCUT2D eigenvalue weighted by atomic mass is 9.88. The molecule has 0 bridgehead atoms. The molecular formula is C29H27FN4OS. The van der Waals surface area contributed by atoms with Crippen LogP contribution in [0, 0.1) is 5.82 Å². The highest BCUT2D eigenvalue weighted by atomic mass is 32.1. The topological polar surface area (TPSA) is 61.3 Å². The van der Waals surface area contributed by atoms with E-state index in [2.05, 4.69) is 32.3 Å². The van der Waals surface area contributed by atoms with E-state index in [-0.39, 0.29) is 12.4 Å². The summed E-state index contributed by atoms with van der Waals surface area (Å²) in [6.07, 6.45) is 3.76. The number of pyridine rings is 1. The van der Waals surface area contributed by atoms with Crippen molar-refractivity contribution in [1.82, 2.24) is 14.9 Å². The molecule has 0 atom stereocenters. The number of benzene rings is 3. The summed E-state index contributed by atoms with van der Waals surface area (Å²) >= 11 is 1.62. The largest absolute Gasteiger partial charge is 0.395 e. The quantitative estimate of drug-likeness (QED) is 0.277. The van der Waals surface area contributed by atoms with Gasteiger partial charge < -0.3 is 15.3 Å². The molecule has 6 rings (SSSR count). The number of fused-ring (bicyclic) bond motifs is 2. The van der Waals surface area contributed by atoms with E-state index in [0.717, 1.165) is 69.6 Å². The molecule has 0 amide bonds. The summed E-state index contributed by atoms with van der Waals surface area (Å²) in [5.41, 5.74) is 8.02. The van der Waals surface area contributed by atoms with Crippen molar-refractivity contribution >= 4 is 43.8 Å². The number of thiazole rings is 1. The molecule has 1 aliphatic rings. The third-order valence-electron chi connectivity index (χ3n) is 7.13. The Kier molecular flexibility index (Phi) is 6.35. The predicted molar refractivity (Wildman–Crippen MR) is 146 cm³/mol. The SMILES string of the molecule is OCCN1CCC(c2ccc(-c3ccc4nccc(Nc5ccc6scnc6c5)c4c3)c(F)c2)CC1. The molecule has 5 aromatic rings. The Morgan fingerprint density at radius 2 is 1.86 bits per heavy atom. The summed E-state index contributed by atoms with van der Waals surface area (Å²) < 4.78 is 16.5. The van der Waals surface area contributed by atoms with Crippen LogP contribution in [-0.4, -0.2) is 46.2 Å². The zero-order valence-electron chi connectivity index (χ0n) is 19.8. The third-order valence-corrected chi connectivity index (χ3v) is 7.94. The average Bonchev–Trinajstić information content (AvgIpc) is 3.37. The number of aliphatic hydroxyl groups is 1. The van der Waals surface area contributed by atoms with Crippen LogP contribution >= 0.6 is 11.3 Å². The molecule has 2 aromatic heterocycles. The first kappa shape index (κ1) is 23.0. The molecule has 0 aliphatic carbocycles. The van der Waals surface area contributed by atoms with Crippen LogP contribution in [0.15, 0.2) is 72.4 Å². The summed E-state index contributed by atoms with van der Waals surface area (Å²) in [5.74, 6) is 0.159. The number of halogens is 1. The molecule has 1 aliphatic heterocycles. The van der Waals surface area contributed by atoms with Crippen LogP contribution in [0.1, 0.15) is 24.3 Å². The van der Waals surface area contributed by atoms with Crippen molar-refractivity contribution in [2.24, 2.45) is 0 Å². The van der Waals surface area contributed by atoms with Gasteiger partial charge in [-0.3, -0.25) is 4.98 Å². The minimum Gasteiger partial charge on any atom is -0.395 e.